The molecule has 0 radical (unpaired) electrons. The number of rotatable bonds is 5. The van der Waals surface area contributed by atoms with Crippen LogP contribution in [0.25, 0.3) is 11.0 Å². The number of aromatic nitrogens is 2. The first-order chi connectivity index (χ1) is 13.1. The first-order valence-corrected chi connectivity index (χ1v) is 8.62. The maximum atomic E-state index is 12.6. The van der Waals surface area contributed by atoms with Crippen LogP contribution in [0.2, 0.25) is 0 Å². The third kappa shape index (κ3) is 3.01. The number of H-pyrrole nitrogens is 1. The molecule has 1 fully saturated rings. The van der Waals surface area contributed by atoms with E-state index in [1.807, 2.05) is 42.5 Å². The number of methoxy groups -OCH3 is 2. The molecule has 1 aliphatic heterocycles. The van der Waals surface area contributed by atoms with Crippen LogP contribution < -0.4 is 9.47 Å². The lowest BCUT2D eigenvalue weighted by Crippen LogP contribution is -2.26. The minimum absolute atomic E-state index is 0.0282. The number of para-hydroxylation sites is 2. The number of nitrogens with one attached hydrogen (secondary N) is 2. The molecule has 2 aromatic carbocycles. The van der Waals surface area contributed by atoms with E-state index < -0.39 is 5.92 Å². The maximum Gasteiger partial charge on any atom is 0.170 e. The van der Waals surface area contributed by atoms with Gasteiger partial charge in [-0.1, -0.05) is 18.2 Å². The van der Waals surface area contributed by atoms with Crippen LogP contribution in [0.15, 0.2) is 42.5 Å². The van der Waals surface area contributed by atoms with E-state index in [4.69, 9.17) is 14.9 Å². The van der Waals surface area contributed by atoms with Gasteiger partial charge < -0.3 is 19.4 Å². The van der Waals surface area contributed by atoms with E-state index in [0.717, 1.165) is 16.6 Å². The number of hydrogen-bond donors (Lipinski definition) is 2. The second kappa shape index (κ2) is 6.75. The number of aromatic amines is 1. The summed E-state index contributed by atoms with van der Waals surface area (Å²) in [6, 6.07) is 13.2. The Morgan fingerprint density at radius 1 is 1.19 bits per heavy atom. The highest BCUT2D eigenvalue weighted by Gasteiger charge is 2.39. The van der Waals surface area contributed by atoms with Crippen LogP contribution in [0.4, 0.5) is 0 Å². The number of imidazole rings is 1. The molecule has 1 aliphatic rings. The molecule has 1 aromatic heterocycles. The Morgan fingerprint density at radius 2 is 1.96 bits per heavy atom. The summed E-state index contributed by atoms with van der Waals surface area (Å²) in [7, 11) is 3.17. The van der Waals surface area contributed by atoms with Crippen LogP contribution in [0.3, 0.4) is 0 Å². The third-order valence-electron chi connectivity index (χ3n) is 4.79. The molecule has 2 heterocycles. The number of carbonyl (C=O) groups is 1. The molecule has 0 saturated carbocycles. The fraction of sp³-hybridized carbons (Fsp3) is 0.250. The number of ketones is 1. The minimum Gasteiger partial charge on any atom is -0.493 e. The molecule has 0 amide bonds. The molecule has 0 aliphatic carbocycles. The second-order valence-electron chi connectivity index (χ2n) is 6.47. The molecule has 7 nitrogen and oxygen atoms in total. The van der Waals surface area contributed by atoms with Crippen molar-refractivity contribution in [2.75, 3.05) is 20.8 Å². The summed E-state index contributed by atoms with van der Waals surface area (Å²) < 4.78 is 10.6. The van der Waals surface area contributed by atoms with Crippen LogP contribution >= 0.6 is 0 Å². The molecule has 0 spiro atoms. The predicted molar refractivity (Wildman–Crippen MR) is 102 cm³/mol. The number of hydrogen-bond acceptors (Lipinski definition) is 5. The SMILES string of the molecule is COc1ccc(CN2CC(=O)C(c3nc4ccccc4[nH]3)C2=N)cc1OC. The van der Waals surface area contributed by atoms with Gasteiger partial charge in [-0.3, -0.25) is 10.2 Å². The number of benzene rings is 2. The summed E-state index contributed by atoms with van der Waals surface area (Å²) in [4.78, 5) is 22.1. The highest BCUT2D eigenvalue weighted by molar-refractivity contribution is 6.13. The van der Waals surface area contributed by atoms with Crippen molar-refractivity contribution in [1.29, 1.82) is 5.41 Å². The molecule has 27 heavy (non-hydrogen) atoms. The average molecular weight is 364 g/mol. The number of Topliss-reactive ketones (excluding diaryl/α,β-unsaturated/α-hetero) is 1. The van der Waals surface area contributed by atoms with Crippen molar-refractivity contribution >= 4 is 22.7 Å². The number of fused-ring (bicyclic) bond motifs is 1. The molecule has 1 atom stereocenters. The first kappa shape index (κ1) is 17.1. The van der Waals surface area contributed by atoms with Gasteiger partial charge in [0.2, 0.25) is 0 Å². The van der Waals surface area contributed by atoms with E-state index in [-0.39, 0.29) is 18.2 Å². The predicted octanol–water partition coefficient (Wildman–Crippen LogP) is 2.73. The molecule has 0 bridgehead atoms. The Labute approximate surface area is 156 Å². The van der Waals surface area contributed by atoms with E-state index >= 15 is 0 Å². The van der Waals surface area contributed by atoms with Crippen LogP contribution in [-0.4, -0.2) is 47.3 Å². The van der Waals surface area contributed by atoms with Crippen LogP contribution in [-0.2, 0) is 11.3 Å². The fourth-order valence-electron chi connectivity index (χ4n) is 3.43. The number of amidine groups is 1. The second-order valence-corrected chi connectivity index (χ2v) is 6.47. The summed E-state index contributed by atoms with van der Waals surface area (Å²) in [5.41, 5.74) is 2.60. The molecular weight excluding hydrogens is 344 g/mol. The summed E-state index contributed by atoms with van der Waals surface area (Å²) in [5.74, 6) is 1.38. The number of nitrogens with zero attached hydrogens (tertiary/aromatic N) is 2. The van der Waals surface area contributed by atoms with E-state index in [9.17, 15) is 4.79 Å². The first-order valence-electron chi connectivity index (χ1n) is 8.62. The Hall–Kier alpha value is -3.35. The number of likely N-dealkylation sites (tertiary alicyclic amines) is 1. The van der Waals surface area contributed by atoms with E-state index in [1.54, 1.807) is 19.1 Å². The lowest BCUT2D eigenvalue weighted by molar-refractivity contribution is -0.118. The van der Waals surface area contributed by atoms with Gasteiger partial charge in [-0.05, 0) is 29.8 Å². The van der Waals surface area contributed by atoms with E-state index in [1.165, 1.54) is 0 Å². The molecule has 1 unspecified atom stereocenters. The zero-order valence-electron chi connectivity index (χ0n) is 15.2. The van der Waals surface area contributed by atoms with Crippen LogP contribution in [0, 0.1) is 5.41 Å². The van der Waals surface area contributed by atoms with Crippen molar-refractivity contribution in [3.05, 3.63) is 53.9 Å². The summed E-state index contributed by atoms with van der Waals surface area (Å²) in [6.45, 7) is 0.635. The monoisotopic (exact) mass is 364 g/mol. The van der Waals surface area contributed by atoms with E-state index in [0.29, 0.717) is 23.9 Å². The van der Waals surface area contributed by atoms with Gasteiger partial charge in [-0.15, -0.1) is 0 Å². The van der Waals surface area contributed by atoms with Gasteiger partial charge in [0.25, 0.3) is 0 Å². The molecular formula is C20H20N4O3. The number of ether oxygens (including phenoxy) is 2. The van der Waals surface area contributed by atoms with Crippen molar-refractivity contribution < 1.29 is 14.3 Å². The third-order valence-corrected chi connectivity index (χ3v) is 4.79. The highest BCUT2D eigenvalue weighted by Crippen LogP contribution is 2.30. The van der Waals surface area contributed by atoms with Gasteiger partial charge >= 0.3 is 0 Å². The molecule has 138 valence electrons. The van der Waals surface area contributed by atoms with Gasteiger partial charge in [0.15, 0.2) is 17.3 Å². The zero-order valence-corrected chi connectivity index (χ0v) is 15.2. The summed E-state index contributed by atoms with van der Waals surface area (Å²) in [5, 5.41) is 8.52. The number of carbonyl (C=O) groups excluding carboxylic acids is 1. The highest BCUT2D eigenvalue weighted by atomic mass is 16.5. The van der Waals surface area contributed by atoms with Gasteiger partial charge in [0.05, 0.1) is 31.8 Å². The topological polar surface area (TPSA) is 91.3 Å². The Balaban J connectivity index is 1.58. The molecule has 7 heteroatoms. The maximum absolute atomic E-state index is 12.6. The Bertz CT molecular complexity index is 994. The molecule has 3 aromatic rings. The van der Waals surface area contributed by atoms with Gasteiger partial charge in [-0.25, -0.2) is 4.98 Å². The summed E-state index contributed by atoms with van der Waals surface area (Å²) in [6.07, 6.45) is 0. The zero-order chi connectivity index (χ0) is 19.0. The molecule has 2 N–H and O–H groups in total. The molecule has 4 rings (SSSR count). The van der Waals surface area contributed by atoms with Crippen LogP contribution in [0.1, 0.15) is 17.3 Å². The lowest BCUT2D eigenvalue weighted by Gasteiger charge is -2.19. The largest absolute Gasteiger partial charge is 0.493 e. The van der Waals surface area contributed by atoms with Crippen molar-refractivity contribution in [1.82, 2.24) is 14.9 Å². The fourth-order valence-corrected chi connectivity index (χ4v) is 3.43. The lowest BCUT2D eigenvalue weighted by atomic mass is 10.1. The summed E-state index contributed by atoms with van der Waals surface area (Å²) >= 11 is 0. The normalized spacial score (nSPS) is 17.0. The van der Waals surface area contributed by atoms with Gasteiger partial charge in [-0.2, -0.15) is 0 Å². The van der Waals surface area contributed by atoms with Gasteiger partial charge in [0, 0.05) is 6.54 Å². The van der Waals surface area contributed by atoms with Crippen molar-refractivity contribution in [2.45, 2.75) is 12.5 Å². The van der Waals surface area contributed by atoms with Crippen LogP contribution in [0.5, 0.6) is 11.5 Å². The van der Waals surface area contributed by atoms with Gasteiger partial charge in [0.1, 0.15) is 17.6 Å². The molecule has 1 saturated heterocycles. The van der Waals surface area contributed by atoms with Crippen molar-refractivity contribution in [2.24, 2.45) is 0 Å². The Morgan fingerprint density at radius 3 is 2.70 bits per heavy atom. The average Bonchev–Trinajstić information content (AvgIpc) is 3.21. The minimum atomic E-state index is -0.655. The van der Waals surface area contributed by atoms with Crippen molar-refractivity contribution in [3.8, 4) is 11.5 Å². The standard InChI is InChI=1S/C20H20N4O3/c1-26-16-8-7-12(9-17(16)27-2)10-24-11-15(25)18(19(24)21)20-22-13-5-3-4-6-14(13)23-20/h3-9,18,21H,10-11H2,1-2H3,(H,22,23). The van der Waals surface area contributed by atoms with Crippen molar-refractivity contribution in [3.63, 3.8) is 0 Å². The van der Waals surface area contributed by atoms with E-state index in [2.05, 4.69) is 9.97 Å². The smallest absolute Gasteiger partial charge is 0.170 e. The Kier molecular flexibility index (Phi) is 4.27. The quantitative estimate of drug-likeness (QED) is 0.726.